The van der Waals surface area contributed by atoms with Gasteiger partial charge in [-0.3, -0.25) is 9.52 Å². The van der Waals surface area contributed by atoms with Crippen molar-refractivity contribution in [2.24, 2.45) is 5.41 Å². The number of hydrogen-bond acceptors (Lipinski definition) is 6. The Bertz CT molecular complexity index is 1110. The second kappa shape index (κ2) is 9.12. The highest BCUT2D eigenvalue weighted by atomic mass is 32.2. The fraction of sp³-hybridized carbons (Fsp3) is 0.348. The minimum absolute atomic E-state index is 0.125. The highest BCUT2D eigenvalue weighted by Crippen LogP contribution is 2.38. The number of carbonyl (C=O) groups is 1. The average molecular weight is 461 g/mol. The number of fused-ring (bicyclic) bond motifs is 1. The predicted octanol–water partition coefficient (Wildman–Crippen LogP) is 3.58. The van der Waals surface area contributed by atoms with Crippen molar-refractivity contribution in [3.63, 3.8) is 0 Å². The molecule has 0 fully saturated rings. The van der Waals surface area contributed by atoms with Gasteiger partial charge in [0.2, 0.25) is 15.9 Å². The second-order valence-corrected chi connectivity index (χ2v) is 9.86. The molecule has 172 valence electrons. The molecule has 0 unspecified atom stereocenters. The molecule has 0 aromatic heterocycles. The molecule has 2 aromatic rings. The summed E-state index contributed by atoms with van der Waals surface area (Å²) in [6.45, 7) is 7.84. The largest absolute Gasteiger partial charge is 0.497 e. The number of ether oxygens (including phenoxy) is 3. The molecule has 0 radical (unpaired) electrons. The van der Waals surface area contributed by atoms with Crippen LogP contribution >= 0.6 is 0 Å². The van der Waals surface area contributed by atoms with Crippen molar-refractivity contribution in [1.29, 1.82) is 0 Å². The van der Waals surface area contributed by atoms with E-state index in [1.165, 1.54) is 14.2 Å². The van der Waals surface area contributed by atoms with Crippen LogP contribution in [0.1, 0.15) is 19.4 Å². The van der Waals surface area contributed by atoms with E-state index in [0.717, 1.165) is 0 Å². The van der Waals surface area contributed by atoms with E-state index in [4.69, 9.17) is 14.2 Å². The van der Waals surface area contributed by atoms with Crippen molar-refractivity contribution in [2.75, 3.05) is 37.0 Å². The van der Waals surface area contributed by atoms with Crippen molar-refractivity contribution in [1.82, 2.24) is 0 Å². The first-order chi connectivity index (χ1) is 15.1. The van der Waals surface area contributed by atoms with Crippen LogP contribution < -0.4 is 23.8 Å². The van der Waals surface area contributed by atoms with E-state index in [-0.39, 0.29) is 24.8 Å². The fourth-order valence-corrected chi connectivity index (χ4v) is 4.57. The third-order valence-electron chi connectivity index (χ3n) is 5.02. The van der Waals surface area contributed by atoms with E-state index in [2.05, 4.69) is 11.3 Å². The van der Waals surface area contributed by atoms with Gasteiger partial charge >= 0.3 is 0 Å². The van der Waals surface area contributed by atoms with Crippen LogP contribution in [-0.2, 0) is 20.6 Å². The first-order valence-electron chi connectivity index (χ1n) is 10.0. The first-order valence-corrected chi connectivity index (χ1v) is 11.7. The van der Waals surface area contributed by atoms with E-state index in [0.29, 0.717) is 34.2 Å². The van der Waals surface area contributed by atoms with E-state index in [1.54, 1.807) is 47.4 Å². The zero-order chi connectivity index (χ0) is 23.5. The third-order valence-corrected chi connectivity index (χ3v) is 6.28. The quantitative estimate of drug-likeness (QED) is 0.605. The summed E-state index contributed by atoms with van der Waals surface area (Å²) in [5.41, 5.74) is 0.595. The number of rotatable bonds is 8. The van der Waals surface area contributed by atoms with Gasteiger partial charge in [-0.2, -0.15) is 0 Å². The number of hydrogen-bond donors (Lipinski definition) is 1. The fourth-order valence-electron chi connectivity index (χ4n) is 3.40. The summed E-state index contributed by atoms with van der Waals surface area (Å²) in [5, 5.41) is 0. The molecule has 9 heteroatoms. The van der Waals surface area contributed by atoms with Crippen LogP contribution in [-0.4, -0.2) is 41.7 Å². The molecular weight excluding hydrogens is 432 g/mol. The van der Waals surface area contributed by atoms with E-state index < -0.39 is 15.4 Å². The maximum Gasteiger partial charge on any atom is 0.236 e. The Labute approximate surface area is 188 Å². The van der Waals surface area contributed by atoms with E-state index in [9.17, 15) is 13.2 Å². The van der Waals surface area contributed by atoms with Gasteiger partial charge in [0, 0.05) is 12.6 Å². The van der Waals surface area contributed by atoms with Gasteiger partial charge in [-0.1, -0.05) is 6.08 Å². The number of amides is 1. The topological polar surface area (TPSA) is 94.2 Å². The van der Waals surface area contributed by atoms with Crippen LogP contribution in [0.2, 0.25) is 0 Å². The summed E-state index contributed by atoms with van der Waals surface area (Å²) >= 11 is 0. The summed E-state index contributed by atoms with van der Waals surface area (Å²) in [6, 6.07) is 9.81. The lowest BCUT2D eigenvalue weighted by Crippen LogP contribution is -2.42. The predicted molar refractivity (Wildman–Crippen MR) is 124 cm³/mol. The SMILES string of the molecule is C=CCN1C(=O)C(C)(C)COc2ccc(NS(=O)(=O)Cc3cc(OC)cc(OC)c3)cc21. The van der Waals surface area contributed by atoms with Gasteiger partial charge < -0.3 is 19.1 Å². The van der Waals surface area contributed by atoms with Crippen molar-refractivity contribution >= 4 is 27.3 Å². The summed E-state index contributed by atoms with van der Waals surface area (Å²) in [6.07, 6.45) is 1.62. The lowest BCUT2D eigenvalue weighted by Gasteiger charge is -2.27. The molecule has 0 saturated carbocycles. The zero-order valence-electron chi connectivity index (χ0n) is 18.7. The molecule has 1 N–H and O–H groups in total. The number of anilines is 2. The van der Waals surface area contributed by atoms with Crippen molar-refractivity contribution < 1.29 is 27.4 Å². The number of methoxy groups -OCH3 is 2. The highest BCUT2D eigenvalue weighted by Gasteiger charge is 2.37. The monoisotopic (exact) mass is 460 g/mol. The Hall–Kier alpha value is -3.20. The Morgan fingerprint density at radius 2 is 1.81 bits per heavy atom. The van der Waals surface area contributed by atoms with Gasteiger partial charge in [0.1, 0.15) is 23.9 Å². The van der Waals surface area contributed by atoms with Crippen molar-refractivity contribution in [3.05, 3.63) is 54.6 Å². The van der Waals surface area contributed by atoms with Crippen molar-refractivity contribution in [3.8, 4) is 17.2 Å². The van der Waals surface area contributed by atoms with E-state index in [1.807, 2.05) is 13.8 Å². The van der Waals surface area contributed by atoms with Crippen LogP contribution in [0.5, 0.6) is 17.2 Å². The molecule has 0 bridgehead atoms. The number of carbonyl (C=O) groups excluding carboxylic acids is 1. The summed E-state index contributed by atoms with van der Waals surface area (Å²) in [5.74, 6) is 1.10. The Morgan fingerprint density at radius 1 is 1.16 bits per heavy atom. The van der Waals surface area contributed by atoms with Crippen LogP contribution in [0.4, 0.5) is 11.4 Å². The molecule has 0 aliphatic carbocycles. The maximum absolute atomic E-state index is 13.0. The summed E-state index contributed by atoms with van der Waals surface area (Å²) in [7, 11) is -0.764. The van der Waals surface area contributed by atoms with Crippen LogP contribution in [0.15, 0.2) is 49.1 Å². The first kappa shape index (κ1) is 23.5. The number of nitrogens with one attached hydrogen (secondary N) is 1. The van der Waals surface area contributed by atoms with Crippen LogP contribution in [0, 0.1) is 5.41 Å². The Balaban J connectivity index is 1.90. The number of benzene rings is 2. The van der Waals surface area contributed by atoms with Gasteiger partial charge in [-0.15, -0.1) is 6.58 Å². The lowest BCUT2D eigenvalue weighted by atomic mass is 9.93. The normalized spacial score (nSPS) is 15.2. The Morgan fingerprint density at radius 3 is 2.41 bits per heavy atom. The van der Waals surface area contributed by atoms with Crippen LogP contribution in [0.25, 0.3) is 0 Å². The molecule has 2 aromatic carbocycles. The minimum atomic E-state index is -3.76. The summed E-state index contributed by atoms with van der Waals surface area (Å²) in [4.78, 5) is 14.6. The standard InChI is InChI=1S/C23H28N2O6S/c1-6-9-25-20-12-17(7-8-21(20)31-15-23(2,3)22(25)26)24-32(27,28)14-16-10-18(29-4)13-19(11-16)30-5/h6-8,10-13,24H,1,9,14-15H2,2-5H3. The molecular formula is C23H28N2O6S. The number of sulfonamides is 1. The Kier molecular flexibility index (Phi) is 6.68. The zero-order valence-corrected chi connectivity index (χ0v) is 19.5. The van der Waals surface area contributed by atoms with Crippen molar-refractivity contribution in [2.45, 2.75) is 19.6 Å². The van der Waals surface area contributed by atoms with Crippen LogP contribution in [0.3, 0.4) is 0 Å². The summed E-state index contributed by atoms with van der Waals surface area (Å²) < 4.78 is 44.6. The average Bonchev–Trinajstić information content (AvgIpc) is 2.83. The lowest BCUT2D eigenvalue weighted by molar-refractivity contribution is -0.127. The minimum Gasteiger partial charge on any atom is -0.497 e. The molecule has 1 amide bonds. The molecule has 1 aliphatic heterocycles. The molecule has 32 heavy (non-hydrogen) atoms. The van der Waals surface area contributed by atoms with Gasteiger partial charge in [-0.25, -0.2) is 8.42 Å². The smallest absolute Gasteiger partial charge is 0.236 e. The molecule has 0 atom stereocenters. The molecule has 0 spiro atoms. The van der Waals surface area contributed by atoms with E-state index >= 15 is 0 Å². The third kappa shape index (κ3) is 5.16. The molecule has 8 nitrogen and oxygen atoms in total. The molecule has 1 heterocycles. The molecule has 0 saturated heterocycles. The van der Waals surface area contributed by atoms with Gasteiger partial charge in [0.05, 0.1) is 36.8 Å². The number of nitrogens with zero attached hydrogens (tertiary/aromatic N) is 1. The van der Waals surface area contributed by atoms with Gasteiger partial charge in [0.25, 0.3) is 0 Å². The second-order valence-electron chi connectivity index (χ2n) is 8.14. The molecule has 3 rings (SSSR count). The molecule has 1 aliphatic rings. The highest BCUT2D eigenvalue weighted by molar-refractivity contribution is 7.91. The van der Waals surface area contributed by atoms with Gasteiger partial charge in [0.15, 0.2) is 0 Å². The van der Waals surface area contributed by atoms with Gasteiger partial charge in [-0.05, 0) is 49.7 Å². The maximum atomic E-state index is 13.0.